The summed E-state index contributed by atoms with van der Waals surface area (Å²) >= 11 is 1.75. The third-order valence-corrected chi connectivity index (χ3v) is 2.40. The van der Waals surface area contributed by atoms with Gasteiger partial charge in [-0.05, 0) is 11.4 Å². The van der Waals surface area contributed by atoms with Crippen molar-refractivity contribution in [3.63, 3.8) is 0 Å². The van der Waals surface area contributed by atoms with Crippen molar-refractivity contribution in [1.82, 2.24) is 9.66 Å². The lowest BCUT2D eigenvalue weighted by molar-refractivity contribution is 0.846. The highest BCUT2D eigenvalue weighted by atomic mass is 32.1. The molecule has 0 amide bonds. The molecular weight excluding hydrogens is 170 g/mol. The zero-order valence-corrected chi connectivity index (χ0v) is 7.29. The molecule has 0 aliphatic rings. The summed E-state index contributed by atoms with van der Waals surface area (Å²) in [5, 5.41) is 2.07. The largest absolute Gasteiger partial charge is 0.320 e. The highest BCUT2D eigenvalue weighted by molar-refractivity contribution is 7.09. The van der Waals surface area contributed by atoms with Gasteiger partial charge in [0, 0.05) is 17.3 Å². The molecule has 0 aliphatic heterocycles. The van der Waals surface area contributed by atoms with Gasteiger partial charge < -0.3 is 5.43 Å². The smallest absolute Gasteiger partial charge is 0.114 e. The van der Waals surface area contributed by atoms with E-state index in [4.69, 9.17) is 0 Å². The number of aromatic nitrogens is 2. The lowest BCUT2D eigenvalue weighted by atomic mass is 10.5. The lowest BCUT2D eigenvalue weighted by Gasteiger charge is -2.03. The van der Waals surface area contributed by atoms with Crippen LogP contribution in [0.2, 0.25) is 0 Å². The van der Waals surface area contributed by atoms with Crippen LogP contribution >= 0.6 is 11.3 Å². The molecule has 0 aliphatic carbocycles. The first-order chi connectivity index (χ1) is 5.95. The summed E-state index contributed by atoms with van der Waals surface area (Å²) in [6.07, 6.45) is 5.38. The molecule has 2 heterocycles. The number of hydrogen-bond donors (Lipinski definition) is 1. The van der Waals surface area contributed by atoms with Crippen molar-refractivity contribution >= 4 is 11.3 Å². The average Bonchev–Trinajstić information content (AvgIpc) is 2.74. The molecule has 2 aromatic heterocycles. The molecule has 3 nitrogen and oxygen atoms in total. The Kier molecular flexibility index (Phi) is 2.09. The van der Waals surface area contributed by atoms with Crippen LogP contribution in [0.25, 0.3) is 0 Å². The van der Waals surface area contributed by atoms with Gasteiger partial charge in [0.05, 0.1) is 6.54 Å². The minimum absolute atomic E-state index is 0.855. The van der Waals surface area contributed by atoms with Crippen LogP contribution in [-0.4, -0.2) is 9.66 Å². The van der Waals surface area contributed by atoms with Crippen LogP contribution in [0.5, 0.6) is 0 Å². The molecule has 0 saturated carbocycles. The fraction of sp³-hybridized carbons (Fsp3) is 0.125. The molecule has 62 valence electrons. The maximum atomic E-state index is 3.93. The summed E-state index contributed by atoms with van der Waals surface area (Å²) in [5.74, 6) is 0. The Balaban J connectivity index is 1.91. The number of nitrogens with zero attached hydrogens (tertiary/aromatic N) is 2. The monoisotopic (exact) mass is 179 g/mol. The Morgan fingerprint density at radius 1 is 1.58 bits per heavy atom. The number of rotatable bonds is 3. The summed E-state index contributed by atoms with van der Waals surface area (Å²) in [6, 6.07) is 4.16. The fourth-order valence-electron chi connectivity index (χ4n) is 0.935. The molecule has 12 heavy (non-hydrogen) atoms. The Morgan fingerprint density at radius 2 is 2.58 bits per heavy atom. The molecule has 0 atom stereocenters. The van der Waals surface area contributed by atoms with Crippen LogP contribution in [-0.2, 0) is 6.54 Å². The van der Waals surface area contributed by atoms with Crippen molar-refractivity contribution in [1.29, 1.82) is 0 Å². The second kappa shape index (κ2) is 3.40. The molecule has 0 spiro atoms. The van der Waals surface area contributed by atoms with Gasteiger partial charge in [-0.1, -0.05) is 6.07 Å². The molecule has 0 unspecified atom stereocenters. The normalized spacial score (nSPS) is 10.0. The SMILES string of the molecule is c1csc(CNn2ccnc2)c1. The van der Waals surface area contributed by atoms with Crippen LogP contribution in [0.3, 0.4) is 0 Å². The van der Waals surface area contributed by atoms with Crippen molar-refractivity contribution in [2.45, 2.75) is 6.54 Å². The number of nitrogens with one attached hydrogen (secondary N) is 1. The van der Waals surface area contributed by atoms with Gasteiger partial charge in [-0.15, -0.1) is 11.3 Å². The lowest BCUT2D eigenvalue weighted by Crippen LogP contribution is -2.10. The van der Waals surface area contributed by atoms with Crippen LogP contribution < -0.4 is 5.43 Å². The summed E-state index contributed by atoms with van der Waals surface area (Å²) < 4.78 is 1.85. The van der Waals surface area contributed by atoms with Gasteiger partial charge in [-0.3, -0.25) is 4.68 Å². The Labute approximate surface area is 74.7 Å². The third-order valence-electron chi connectivity index (χ3n) is 1.52. The molecule has 0 radical (unpaired) electrons. The zero-order chi connectivity index (χ0) is 8.23. The van der Waals surface area contributed by atoms with Gasteiger partial charge in [0.25, 0.3) is 0 Å². The highest BCUT2D eigenvalue weighted by Crippen LogP contribution is 2.07. The number of thiophene rings is 1. The molecule has 4 heteroatoms. The van der Waals surface area contributed by atoms with Crippen molar-refractivity contribution in [2.75, 3.05) is 5.43 Å². The van der Waals surface area contributed by atoms with Crippen LogP contribution in [0.4, 0.5) is 0 Å². The Bertz CT molecular complexity index is 278. The second-order valence-corrected chi connectivity index (χ2v) is 3.42. The van der Waals surface area contributed by atoms with E-state index in [1.165, 1.54) is 4.88 Å². The van der Waals surface area contributed by atoms with Crippen molar-refractivity contribution in [2.24, 2.45) is 0 Å². The topological polar surface area (TPSA) is 29.9 Å². The van der Waals surface area contributed by atoms with Crippen LogP contribution in [0.15, 0.2) is 36.2 Å². The summed E-state index contributed by atoms with van der Waals surface area (Å²) in [7, 11) is 0. The van der Waals surface area contributed by atoms with Crippen LogP contribution in [0.1, 0.15) is 4.88 Å². The maximum absolute atomic E-state index is 3.93. The van der Waals surface area contributed by atoms with E-state index in [0.717, 1.165) is 6.54 Å². The predicted molar refractivity (Wildman–Crippen MR) is 49.6 cm³/mol. The van der Waals surface area contributed by atoms with E-state index >= 15 is 0 Å². The van der Waals surface area contributed by atoms with Gasteiger partial charge in [-0.25, -0.2) is 4.98 Å². The molecule has 0 saturated heterocycles. The summed E-state index contributed by atoms with van der Waals surface area (Å²) in [5.41, 5.74) is 3.19. The molecular formula is C8H9N3S. The van der Waals surface area contributed by atoms with E-state index in [1.54, 1.807) is 23.9 Å². The minimum Gasteiger partial charge on any atom is -0.320 e. The molecule has 2 rings (SSSR count). The molecule has 0 bridgehead atoms. The Hall–Kier alpha value is -1.29. The first-order valence-corrected chi connectivity index (χ1v) is 4.57. The van der Waals surface area contributed by atoms with Crippen molar-refractivity contribution in [3.05, 3.63) is 41.1 Å². The first kappa shape index (κ1) is 7.36. The third kappa shape index (κ3) is 1.65. The number of hydrogen-bond acceptors (Lipinski definition) is 3. The van der Waals surface area contributed by atoms with E-state index in [2.05, 4.69) is 27.9 Å². The highest BCUT2D eigenvalue weighted by Gasteiger charge is 1.91. The first-order valence-electron chi connectivity index (χ1n) is 3.69. The quantitative estimate of drug-likeness (QED) is 0.777. The number of imidazole rings is 1. The van der Waals surface area contributed by atoms with Crippen molar-refractivity contribution < 1.29 is 0 Å². The Morgan fingerprint density at radius 3 is 3.25 bits per heavy atom. The van der Waals surface area contributed by atoms with Gasteiger partial charge in [0.15, 0.2) is 0 Å². The zero-order valence-electron chi connectivity index (χ0n) is 6.47. The second-order valence-electron chi connectivity index (χ2n) is 2.38. The van der Waals surface area contributed by atoms with Gasteiger partial charge in [0.1, 0.15) is 6.33 Å². The molecule has 0 aromatic carbocycles. The molecule has 2 aromatic rings. The van der Waals surface area contributed by atoms with E-state index in [9.17, 15) is 0 Å². The molecule has 0 fully saturated rings. The predicted octanol–water partition coefficient (Wildman–Crippen LogP) is 1.69. The molecule has 1 N–H and O–H groups in total. The maximum Gasteiger partial charge on any atom is 0.114 e. The van der Waals surface area contributed by atoms with Gasteiger partial charge >= 0.3 is 0 Å². The van der Waals surface area contributed by atoms with E-state index in [-0.39, 0.29) is 0 Å². The summed E-state index contributed by atoms with van der Waals surface area (Å²) in [4.78, 5) is 5.25. The minimum atomic E-state index is 0.855. The summed E-state index contributed by atoms with van der Waals surface area (Å²) in [6.45, 7) is 0.855. The van der Waals surface area contributed by atoms with E-state index in [1.807, 2.05) is 10.9 Å². The standard InChI is InChI=1S/C8H9N3S/c1-2-8(12-5-1)6-10-11-4-3-9-7-11/h1-5,7,10H,6H2. The fourth-order valence-corrected chi connectivity index (χ4v) is 1.57. The van der Waals surface area contributed by atoms with Gasteiger partial charge in [-0.2, -0.15) is 0 Å². The van der Waals surface area contributed by atoms with E-state index in [0.29, 0.717) is 0 Å². The van der Waals surface area contributed by atoms with E-state index < -0.39 is 0 Å². The van der Waals surface area contributed by atoms with Gasteiger partial charge in [0.2, 0.25) is 0 Å². The van der Waals surface area contributed by atoms with Crippen molar-refractivity contribution in [3.8, 4) is 0 Å². The average molecular weight is 179 g/mol. The van der Waals surface area contributed by atoms with Crippen LogP contribution in [0, 0.1) is 0 Å².